The van der Waals surface area contributed by atoms with Crippen molar-refractivity contribution in [3.05, 3.63) is 59.2 Å². The molecule has 0 amide bonds. The predicted octanol–water partition coefficient (Wildman–Crippen LogP) is 4.08. The van der Waals surface area contributed by atoms with Gasteiger partial charge in [-0.3, -0.25) is 0 Å². The highest BCUT2D eigenvalue weighted by Gasteiger charge is 2.27. The molecular formula is C16H15BrOS. The molecule has 1 aliphatic heterocycles. The highest BCUT2D eigenvalue weighted by atomic mass is 79.9. The van der Waals surface area contributed by atoms with E-state index in [9.17, 15) is 4.55 Å². The van der Waals surface area contributed by atoms with Crippen molar-refractivity contribution in [3.63, 3.8) is 0 Å². The summed E-state index contributed by atoms with van der Waals surface area (Å²) in [5, 5.41) is 0. The van der Waals surface area contributed by atoms with Crippen LogP contribution in [0.5, 0.6) is 0 Å². The topological polar surface area (TPSA) is 23.1 Å². The van der Waals surface area contributed by atoms with Gasteiger partial charge in [0.05, 0.1) is 0 Å². The van der Waals surface area contributed by atoms with Crippen LogP contribution in [0.1, 0.15) is 23.6 Å². The fraction of sp³-hybridized carbons (Fsp3) is 0.250. The van der Waals surface area contributed by atoms with Crippen molar-refractivity contribution in [1.29, 1.82) is 0 Å². The van der Waals surface area contributed by atoms with Crippen molar-refractivity contribution in [2.45, 2.75) is 34.4 Å². The molecular weight excluding hydrogens is 320 g/mol. The molecule has 2 atom stereocenters. The molecule has 0 saturated carbocycles. The number of alkyl halides is 1. The van der Waals surface area contributed by atoms with Crippen LogP contribution in [-0.4, -0.2) is 9.38 Å². The zero-order chi connectivity index (χ0) is 13.4. The average Bonchev–Trinajstić information content (AvgIpc) is 2.38. The molecule has 3 heteroatoms. The minimum Gasteiger partial charge on any atom is -0.606 e. The quantitative estimate of drug-likeness (QED) is 0.599. The maximum Gasteiger partial charge on any atom is 0.161 e. The molecule has 0 spiro atoms. The highest BCUT2D eigenvalue weighted by molar-refractivity contribution is 9.09. The van der Waals surface area contributed by atoms with Gasteiger partial charge in [-0.1, -0.05) is 53.2 Å². The number of hydrogen-bond acceptors (Lipinski definition) is 1. The van der Waals surface area contributed by atoms with E-state index in [0.29, 0.717) is 4.83 Å². The molecule has 98 valence electrons. The zero-order valence-electron chi connectivity index (χ0n) is 10.7. The van der Waals surface area contributed by atoms with E-state index < -0.39 is 11.2 Å². The average molecular weight is 335 g/mol. The van der Waals surface area contributed by atoms with Gasteiger partial charge in [0.25, 0.3) is 0 Å². The van der Waals surface area contributed by atoms with Crippen LogP contribution in [0.2, 0.25) is 0 Å². The lowest BCUT2D eigenvalue weighted by Crippen LogP contribution is -2.15. The summed E-state index contributed by atoms with van der Waals surface area (Å²) in [5.74, 6) is 0. The van der Waals surface area contributed by atoms with Gasteiger partial charge in [-0.25, -0.2) is 0 Å². The van der Waals surface area contributed by atoms with Gasteiger partial charge in [-0.15, -0.1) is 0 Å². The lowest BCUT2D eigenvalue weighted by molar-refractivity contribution is 0.590. The first-order valence-corrected chi connectivity index (χ1v) is 8.47. The van der Waals surface area contributed by atoms with Gasteiger partial charge in [-0.2, -0.15) is 0 Å². The molecule has 0 bridgehead atoms. The standard InChI is InChI=1S/C16H15BrOS/c1-11(17)8-12-6-7-16-14(9-12)10-13-4-2-3-5-15(13)19(16)18/h2-7,9,11H,8,10H2,1H3. The summed E-state index contributed by atoms with van der Waals surface area (Å²) in [4.78, 5) is 2.41. The SMILES string of the molecule is CC(Br)Cc1ccc2c(c1)Cc1ccccc1[S+]2[O-]. The molecule has 0 aromatic heterocycles. The van der Waals surface area contributed by atoms with Gasteiger partial charge >= 0.3 is 0 Å². The second kappa shape index (κ2) is 5.31. The van der Waals surface area contributed by atoms with Crippen molar-refractivity contribution >= 4 is 27.1 Å². The van der Waals surface area contributed by atoms with Crippen LogP contribution >= 0.6 is 15.9 Å². The molecule has 0 saturated heterocycles. The minimum absolute atomic E-state index is 0.465. The van der Waals surface area contributed by atoms with Gasteiger partial charge in [0, 0.05) is 33.6 Å². The maximum atomic E-state index is 12.5. The van der Waals surface area contributed by atoms with Gasteiger partial charge in [0.15, 0.2) is 9.79 Å². The Labute approximate surface area is 125 Å². The summed E-state index contributed by atoms with van der Waals surface area (Å²) in [6, 6.07) is 14.4. The van der Waals surface area contributed by atoms with Crippen molar-refractivity contribution < 1.29 is 4.55 Å². The van der Waals surface area contributed by atoms with Crippen LogP contribution in [0, 0.1) is 0 Å². The predicted molar refractivity (Wildman–Crippen MR) is 82.5 cm³/mol. The molecule has 1 nitrogen and oxygen atoms in total. The normalized spacial score (nSPS) is 18.6. The molecule has 0 N–H and O–H groups in total. The Bertz CT molecular complexity index is 609. The molecule has 0 radical (unpaired) electrons. The molecule has 0 fully saturated rings. The Balaban J connectivity index is 2.00. The molecule has 0 aliphatic carbocycles. The lowest BCUT2D eigenvalue weighted by atomic mass is 10.0. The fourth-order valence-corrected chi connectivity index (χ4v) is 4.31. The van der Waals surface area contributed by atoms with E-state index in [4.69, 9.17) is 0 Å². The Kier molecular flexibility index (Phi) is 3.70. The van der Waals surface area contributed by atoms with E-state index >= 15 is 0 Å². The fourth-order valence-electron chi connectivity index (χ4n) is 2.56. The van der Waals surface area contributed by atoms with Gasteiger partial charge < -0.3 is 4.55 Å². The largest absolute Gasteiger partial charge is 0.606 e. The maximum absolute atomic E-state index is 12.5. The molecule has 2 aromatic rings. The smallest absolute Gasteiger partial charge is 0.161 e. The first-order chi connectivity index (χ1) is 9.15. The second-order valence-corrected chi connectivity index (χ2v) is 7.96. The monoisotopic (exact) mass is 334 g/mol. The summed E-state index contributed by atoms with van der Waals surface area (Å²) in [6.07, 6.45) is 1.89. The van der Waals surface area contributed by atoms with E-state index in [-0.39, 0.29) is 0 Å². The molecule has 3 rings (SSSR count). The third kappa shape index (κ3) is 2.60. The Morgan fingerprint density at radius 1 is 1.16 bits per heavy atom. The van der Waals surface area contributed by atoms with Crippen molar-refractivity contribution in [2.75, 3.05) is 0 Å². The number of hydrogen-bond donors (Lipinski definition) is 0. The zero-order valence-corrected chi connectivity index (χ0v) is 13.1. The van der Waals surface area contributed by atoms with E-state index in [1.165, 1.54) is 16.7 Å². The van der Waals surface area contributed by atoms with Crippen LogP contribution in [-0.2, 0) is 24.0 Å². The van der Waals surface area contributed by atoms with Crippen molar-refractivity contribution in [2.24, 2.45) is 0 Å². The van der Waals surface area contributed by atoms with Gasteiger partial charge in [0.2, 0.25) is 0 Å². The number of benzene rings is 2. The third-order valence-corrected chi connectivity index (χ3v) is 5.31. The summed E-state index contributed by atoms with van der Waals surface area (Å²) < 4.78 is 12.5. The third-order valence-electron chi connectivity index (χ3n) is 3.39. The highest BCUT2D eigenvalue weighted by Crippen LogP contribution is 2.34. The van der Waals surface area contributed by atoms with Crippen LogP contribution in [0.25, 0.3) is 0 Å². The Morgan fingerprint density at radius 3 is 2.68 bits per heavy atom. The van der Waals surface area contributed by atoms with Crippen LogP contribution < -0.4 is 0 Å². The van der Waals surface area contributed by atoms with E-state index in [0.717, 1.165) is 22.6 Å². The van der Waals surface area contributed by atoms with Crippen molar-refractivity contribution in [1.82, 2.24) is 0 Å². The summed E-state index contributed by atoms with van der Waals surface area (Å²) in [7, 11) is 0. The molecule has 2 aromatic carbocycles. The molecule has 1 aliphatic rings. The lowest BCUT2D eigenvalue weighted by Gasteiger charge is -2.22. The Morgan fingerprint density at radius 2 is 1.89 bits per heavy atom. The van der Waals surface area contributed by atoms with Crippen LogP contribution in [0.4, 0.5) is 0 Å². The van der Waals surface area contributed by atoms with Crippen molar-refractivity contribution in [3.8, 4) is 0 Å². The number of fused-ring (bicyclic) bond motifs is 2. The number of halogens is 1. The van der Waals surface area contributed by atoms with Crippen LogP contribution in [0.3, 0.4) is 0 Å². The minimum atomic E-state index is -1.02. The summed E-state index contributed by atoms with van der Waals surface area (Å²) in [6.45, 7) is 2.15. The summed E-state index contributed by atoms with van der Waals surface area (Å²) >= 11 is 2.56. The van der Waals surface area contributed by atoms with Gasteiger partial charge in [0.1, 0.15) is 0 Å². The second-order valence-electron chi connectivity index (χ2n) is 4.98. The first kappa shape index (κ1) is 13.2. The first-order valence-electron chi connectivity index (χ1n) is 6.40. The van der Waals surface area contributed by atoms with Crippen LogP contribution in [0.15, 0.2) is 52.3 Å². The molecule has 2 unspecified atom stereocenters. The number of rotatable bonds is 2. The van der Waals surface area contributed by atoms with E-state index in [2.05, 4.69) is 41.1 Å². The molecule has 1 heterocycles. The molecule has 19 heavy (non-hydrogen) atoms. The van der Waals surface area contributed by atoms with E-state index in [1.54, 1.807) is 0 Å². The van der Waals surface area contributed by atoms with Gasteiger partial charge in [-0.05, 0) is 24.1 Å². The Hall–Kier alpha value is -0.770. The van der Waals surface area contributed by atoms with E-state index in [1.807, 2.05) is 24.3 Å². The summed E-state index contributed by atoms with van der Waals surface area (Å²) in [5.41, 5.74) is 3.71.